The first-order chi connectivity index (χ1) is 28.1. The number of hydrogen-bond donors (Lipinski definition) is 0. The fraction of sp³-hybridized carbons (Fsp3) is 0.0714. The molecule has 3 aliphatic carbocycles. The van der Waals surface area contributed by atoms with Gasteiger partial charge in [-0.1, -0.05) is 158 Å². The van der Waals surface area contributed by atoms with Gasteiger partial charge in [0, 0.05) is 16.5 Å². The van der Waals surface area contributed by atoms with E-state index in [1.54, 1.807) is 0 Å². The third-order valence-electron chi connectivity index (χ3n) is 13.7. The number of rotatable bonds is 1. The van der Waals surface area contributed by atoms with Gasteiger partial charge in [-0.3, -0.25) is 0 Å². The smallest absolute Gasteiger partial charge is 0.0720 e. The Bertz CT molecular complexity index is 3280. The van der Waals surface area contributed by atoms with E-state index < -0.39 is 10.8 Å². The second-order valence-corrected chi connectivity index (χ2v) is 16.5. The van der Waals surface area contributed by atoms with Crippen LogP contribution in [0.5, 0.6) is 0 Å². The van der Waals surface area contributed by atoms with Crippen LogP contribution in [0.2, 0.25) is 0 Å². The zero-order chi connectivity index (χ0) is 37.6. The van der Waals surface area contributed by atoms with E-state index in [9.17, 15) is 0 Å². The summed E-state index contributed by atoms with van der Waals surface area (Å²) in [6.45, 7) is 4.42. The monoisotopic (exact) mass is 723 g/mol. The lowest BCUT2D eigenvalue weighted by Crippen LogP contribution is -2.43. The predicted octanol–water partition coefficient (Wildman–Crippen LogP) is 13.6. The topological polar surface area (TPSA) is 4.93 Å². The van der Waals surface area contributed by atoms with Crippen molar-refractivity contribution in [1.29, 1.82) is 0 Å². The molecular weight excluding hydrogens is 687 g/mol. The fourth-order valence-corrected chi connectivity index (χ4v) is 11.9. The Morgan fingerprint density at radius 1 is 0.333 bits per heavy atom. The number of nitrogens with zero attached hydrogens (tertiary/aromatic N) is 1. The van der Waals surface area contributed by atoms with Crippen LogP contribution in [-0.4, -0.2) is 4.57 Å². The molecule has 57 heavy (non-hydrogen) atoms. The number of fused-ring (bicyclic) bond motifs is 21. The summed E-state index contributed by atoms with van der Waals surface area (Å²) in [6, 6.07) is 72.0. The molecule has 0 saturated heterocycles. The summed E-state index contributed by atoms with van der Waals surface area (Å²) in [5.41, 5.74) is 21.4. The zero-order valence-corrected chi connectivity index (χ0v) is 31.8. The molecule has 0 radical (unpaired) electrons. The number of aryl methyl sites for hydroxylation is 2. The molecule has 10 aromatic rings. The minimum Gasteiger partial charge on any atom is -0.309 e. The molecule has 0 N–H and O–H groups in total. The second-order valence-electron chi connectivity index (χ2n) is 16.5. The van der Waals surface area contributed by atoms with E-state index in [1.165, 1.54) is 116 Å². The SMILES string of the molecule is Cc1cc(C)cc(-n2c3cc4c(cc3c3c5ccccc5ccc32)C2(c3ccccc3-4)c3ccccc3C3(c4ccccc4-c4ccccc43)c3ccccc32)c1. The maximum absolute atomic E-state index is 2.60. The molecule has 13 rings (SSSR count). The lowest BCUT2D eigenvalue weighted by atomic mass is 9.52. The third-order valence-corrected chi connectivity index (χ3v) is 13.7. The van der Waals surface area contributed by atoms with Crippen LogP contribution in [0.15, 0.2) is 188 Å². The minimum atomic E-state index is -0.538. The fourth-order valence-electron chi connectivity index (χ4n) is 11.9. The molecule has 0 aliphatic heterocycles. The minimum absolute atomic E-state index is 0.456. The normalized spacial score (nSPS) is 14.8. The van der Waals surface area contributed by atoms with Crippen LogP contribution in [0.25, 0.3) is 60.5 Å². The molecule has 9 aromatic carbocycles. The van der Waals surface area contributed by atoms with Gasteiger partial charge in [0.25, 0.3) is 0 Å². The van der Waals surface area contributed by atoms with Gasteiger partial charge >= 0.3 is 0 Å². The summed E-state index contributed by atoms with van der Waals surface area (Å²) in [5.74, 6) is 0. The van der Waals surface area contributed by atoms with E-state index in [4.69, 9.17) is 0 Å². The second kappa shape index (κ2) is 10.9. The molecular formula is C56H37N. The largest absolute Gasteiger partial charge is 0.309 e. The Morgan fingerprint density at radius 2 is 0.789 bits per heavy atom. The highest BCUT2D eigenvalue weighted by molar-refractivity contribution is 6.22. The number of aromatic nitrogens is 1. The molecule has 1 nitrogen and oxygen atoms in total. The van der Waals surface area contributed by atoms with Crippen LogP contribution < -0.4 is 0 Å². The van der Waals surface area contributed by atoms with Crippen molar-refractivity contribution in [2.75, 3.05) is 0 Å². The van der Waals surface area contributed by atoms with Crippen LogP contribution >= 0.6 is 0 Å². The van der Waals surface area contributed by atoms with Crippen molar-refractivity contribution in [3.8, 4) is 27.9 Å². The van der Waals surface area contributed by atoms with Gasteiger partial charge < -0.3 is 4.57 Å². The maximum Gasteiger partial charge on any atom is 0.0720 e. The van der Waals surface area contributed by atoms with Crippen LogP contribution in [0.4, 0.5) is 0 Å². The Morgan fingerprint density at radius 3 is 1.35 bits per heavy atom. The third kappa shape index (κ3) is 3.67. The lowest BCUT2D eigenvalue weighted by molar-refractivity contribution is 0.633. The van der Waals surface area contributed by atoms with Crippen molar-refractivity contribution in [1.82, 2.24) is 4.57 Å². The molecule has 1 heteroatoms. The quantitative estimate of drug-likeness (QED) is 0.159. The molecule has 0 atom stereocenters. The first-order valence-corrected chi connectivity index (χ1v) is 20.2. The first kappa shape index (κ1) is 31.3. The average Bonchev–Trinajstić information content (AvgIpc) is 3.85. The van der Waals surface area contributed by atoms with E-state index in [1.807, 2.05) is 0 Å². The summed E-state index contributed by atoms with van der Waals surface area (Å²) < 4.78 is 2.52. The Hall–Kier alpha value is -6.96. The van der Waals surface area contributed by atoms with E-state index >= 15 is 0 Å². The molecule has 1 heterocycles. The molecule has 0 fully saturated rings. The van der Waals surface area contributed by atoms with E-state index in [2.05, 4.69) is 206 Å². The summed E-state index contributed by atoms with van der Waals surface area (Å²) in [4.78, 5) is 0. The van der Waals surface area contributed by atoms with Crippen LogP contribution in [0.3, 0.4) is 0 Å². The highest BCUT2D eigenvalue weighted by atomic mass is 15.0. The first-order valence-electron chi connectivity index (χ1n) is 20.2. The van der Waals surface area contributed by atoms with Crippen molar-refractivity contribution < 1.29 is 0 Å². The maximum atomic E-state index is 2.60. The summed E-state index contributed by atoms with van der Waals surface area (Å²) in [7, 11) is 0. The van der Waals surface area contributed by atoms with Crippen LogP contribution in [0.1, 0.15) is 55.6 Å². The van der Waals surface area contributed by atoms with Crippen molar-refractivity contribution in [3.05, 3.63) is 244 Å². The standard InChI is InChI=1S/C56H37N/c1-34-29-35(2)31-37(30-34)57-52-28-27-36-15-3-4-16-38(36)54(52)43-32-51-42(33-53(43)57)41-19-7-10-22-46(41)56(51)49-25-13-11-23-47(49)55(48-24-12-14-26-50(48)56)44-20-8-5-17-39(44)40-18-6-9-21-45(40)55/h3-33H,1-2H3. The highest BCUT2D eigenvalue weighted by Gasteiger charge is 2.58. The van der Waals surface area contributed by atoms with E-state index in [-0.39, 0.29) is 0 Å². The van der Waals surface area contributed by atoms with E-state index in [0.29, 0.717) is 0 Å². The van der Waals surface area contributed by atoms with Gasteiger partial charge in [-0.25, -0.2) is 0 Å². The Labute approximate surface area is 332 Å². The lowest BCUT2D eigenvalue weighted by Gasteiger charge is -2.48. The molecule has 0 amide bonds. The van der Waals surface area contributed by atoms with Crippen molar-refractivity contribution in [3.63, 3.8) is 0 Å². The Balaban J connectivity index is 1.23. The van der Waals surface area contributed by atoms with Crippen LogP contribution in [-0.2, 0) is 10.8 Å². The van der Waals surface area contributed by atoms with Gasteiger partial charge in [0.1, 0.15) is 0 Å². The molecule has 266 valence electrons. The number of benzene rings is 9. The average molecular weight is 724 g/mol. The highest BCUT2D eigenvalue weighted by Crippen LogP contribution is 2.67. The predicted molar refractivity (Wildman–Crippen MR) is 236 cm³/mol. The number of hydrogen-bond acceptors (Lipinski definition) is 0. The molecule has 2 spiro atoms. The van der Waals surface area contributed by atoms with Gasteiger partial charge in [0.05, 0.1) is 21.9 Å². The molecule has 1 aromatic heterocycles. The summed E-state index contributed by atoms with van der Waals surface area (Å²) >= 11 is 0. The van der Waals surface area contributed by atoms with E-state index in [0.717, 1.165) is 0 Å². The van der Waals surface area contributed by atoms with Crippen molar-refractivity contribution >= 4 is 32.6 Å². The summed E-state index contributed by atoms with van der Waals surface area (Å²) in [6.07, 6.45) is 0. The molecule has 0 saturated carbocycles. The van der Waals surface area contributed by atoms with Gasteiger partial charge in [-0.2, -0.15) is 0 Å². The van der Waals surface area contributed by atoms with Crippen LogP contribution in [0, 0.1) is 13.8 Å². The van der Waals surface area contributed by atoms with Crippen molar-refractivity contribution in [2.24, 2.45) is 0 Å². The van der Waals surface area contributed by atoms with Crippen molar-refractivity contribution in [2.45, 2.75) is 24.7 Å². The zero-order valence-electron chi connectivity index (χ0n) is 31.8. The molecule has 0 unspecified atom stereocenters. The summed E-state index contributed by atoms with van der Waals surface area (Å²) in [5, 5.41) is 5.15. The van der Waals surface area contributed by atoms with Gasteiger partial charge in [0.2, 0.25) is 0 Å². The molecule has 0 bridgehead atoms. The Kier molecular flexibility index (Phi) is 5.96. The van der Waals surface area contributed by atoms with Gasteiger partial charge in [-0.15, -0.1) is 0 Å². The van der Waals surface area contributed by atoms with Gasteiger partial charge in [0.15, 0.2) is 0 Å². The van der Waals surface area contributed by atoms with Gasteiger partial charge in [-0.05, 0) is 133 Å². The molecule has 3 aliphatic rings.